The fraction of sp³-hybridized carbons (Fsp3) is 0.190. The lowest BCUT2D eigenvalue weighted by Gasteiger charge is -2.11. The second-order valence-electron chi connectivity index (χ2n) is 6.64. The number of hydrogen-bond acceptors (Lipinski definition) is 5. The molecule has 0 unspecified atom stereocenters. The van der Waals surface area contributed by atoms with Crippen molar-refractivity contribution in [2.24, 2.45) is 7.05 Å². The van der Waals surface area contributed by atoms with Crippen molar-refractivity contribution >= 4 is 17.2 Å². The average Bonchev–Trinajstić information content (AvgIpc) is 3.32. The van der Waals surface area contributed by atoms with E-state index in [4.69, 9.17) is 14.5 Å². The van der Waals surface area contributed by atoms with E-state index in [9.17, 15) is 4.79 Å². The number of aryl methyl sites for hydroxylation is 2. The van der Waals surface area contributed by atoms with E-state index in [1.807, 2.05) is 54.0 Å². The van der Waals surface area contributed by atoms with E-state index in [2.05, 4.69) is 10.4 Å². The van der Waals surface area contributed by atoms with Crippen LogP contribution in [0.5, 0.6) is 11.6 Å². The Kier molecular flexibility index (Phi) is 4.67. The topological polar surface area (TPSA) is 82.7 Å². The lowest BCUT2D eigenvalue weighted by atomic mass is 10.1. The number of amides is 1. The van der Waals surface area contributed by atoms with E-state index >= 15 is 0 Å². The van der Waals surface area contributed by atoms with Gasteiger partial charge < -0.3 is 19.2 Å². The second-order valence-corrected chi connectivity index (χ2v) is 6.64. The number of aromatic nitrogens is 4. The summed E-state index contributed by atoms with van der Waals surface area (Å²) in [5, 5.41) is 7.01. The number of anilines is 1. The summed E-state index contributed by atoms with van der Waals surface area (Å²) in [6.45, 7) is 2.02. The van der Waals surface area contributed by atoms with E-state index in [0.29, 0.717) is 17.0 Å². The number of hydrogen-bond donors (Lipinski definition) is 1. The first-order valence-electron chi connectivity index (χ1n) is 9.02. The highest BCUT2D eigenvalue weighted by molar-refractivity contribution is 6.06. The maximum atomic E-state index is 12.8. The van der Waals surface area contributed by atoms with Gasteiger partial charge in [0.05, 0.1) is 25.6 Å². The zero-order valence-electron chi connectivity index (χ0n) is 16.6. The van der Waals surface area contributed by atoms with Crippen molar-refractivity contribution < 1.29 is 14.3 Å². The van der Waals surface area contributed by atoms with Crippen LogP contribution in [0, 0.1) is 6.92 Å². The van der Waals surface area contributed by atoms with Crippen LogP contribution >= 0.6 is 0 Å². The van der Waals surface area contributed by atoms with Gasteiger partial charge in [-0.25, -0.2) is 4.98 Å². The number of pyridine rings is 1. The molecule has 0 saturated carbocycles. The number of nitrogens with one attached hydrogen (secondary N) is 1. The fourth-order valence-corrected chi connectivity index (χ4v) is 3.22. The number of imidazole rings is 1. The highest BCUT2D eigenvalue weighted by Crippen LogP contribution is 2.31. The van der Waals surface area contributed by atoms with Gasteiger partial charge in [-0.2, -0.15) is 0 Å². The van der Waals surface area contributed by atoms with Crippen molar-refractivity contribution in [2.75, 3.05) is 19.5 Å². The zero-order chi connectivity index (χ0) is 20.5. The molecule has 148 valence electrons. The normalized spacial score (nSPS) is 10.9. The van der Waals surface area contributed by atoms with Gasteiger partial charge in [0.15, 0.2) is 0 Å². The predicted molar refractivity (Wildman–Crippen MR) is 110 cm³/mol. The standard InChI is InChI=1S/C21H21N5O3/c1-13-6-5-9-26-12-17(22-19(13)26)14-7-8-18(28-3)16(10-14)23-20(27)15-11-25(2)24-21(15)29-4/h5-12H,1-4H3,(H,23,27). The Morgan fingerprint density at radius 2 is 1.97 bits per heavy atom. The van der Waals surface area contributed by atoms with Gasteiger partial charge in [-0.3, -0.25) is 9.48 Å². The minimum absolute atomic E-state index is 0.260. The van der Waals surface area contributed by atoms with Crippen LogP contribution in [-0.2, 0) is 7.05 Å². The number of nitrogens with zero attached hydrogens (tertiary/aromatic N) is 4. The summed E-state index contributed by atoms with van der Waals surface area (Å²) in [5.41, 5.74) is 4.52. The molecule has 29 heavy (non-hydrogen) atoms. The zero-order valence-corrected chi connectivity index (χ0v) is 16.6. The number of ether oxygens (including phenoxy) is 2. The van der Waals surface area contributed by atoms with E-state index in [0.717, 1.165) is 22.5 Å². The summed E-state index contributed by atoms with van der Waals surface area (Å²) in [5.74, 6) is 0.470. The number of benzene rings is 1. The molecule has 0 saturated heterocycles. The summed E-state index contributed by atoms with van der Waals surface area (Å²) >= 11 is 0. The maximum Gasteiger partial charge on any atom is 0.262 e. The van der Waals surface area contributed by atoms with Crippen molar-refractivity contribution in [3.05, 3.63) is 60.0 Å². The maximum absolute atomic E-state index is 12.8. The van der Waals surface area contributed by atoms with Crippen LogP contribution in [0.25, 0.3) is 16.9 Å². The minimum Gasteiger partial charge on any atom is -0.495 e. The number of methoxy groups -OCH3 is 2. The molecule has 3 aromatic heterocycles. The van der Waals surface area contributed by atoms with E-state index in [-0.39, 0.29) is 11.8 Å². The van der Waals surface area contributed by atoms with Crippen LogP contribution in [-0.4, -0.2) is 39.3 Å². The van der Waals surface area contributed by atoms with Crippen LogP contribution in [0.2, 0.25) is 0 Å². The van der Waals surface area contributed by atoms with Crippen LogP contribution < -0.4 is 14.8 Å². The fourth-order valence-electron chi connectivity index (χ4n) is 3.22. The molecule has 0 aliphatic heterocycles. The third kappa shape index (κ3) is 3.40. The molecule has 0 radical (unpaired) electrons. The smallest absolute Gasteiger partial charge is 0.262 e. The Morgan fingerprint density at radius 1 is 1.14 bits per heavy atom. The summed E-state index contributed by atoms with van der Waals surface area (Å²) in [4.78, 5) is 17.5. The van der Waals surface area contributed by atoms with E-state index < -0.39 is 0 Å². The Morgan fingerprint density at radius 3 is 2.69 bits per heavy atom. The average molecular weight is 391 g/mol. The molecule has 4 aromatic rings. The molecule has 0 aliphatic rings. The van der Waals surface area contributed by atoms with Crippen molar-refractivity contribution in [1.29, 1.82) is 0 Å². The molecule has 1 N–H and O–H groups in total. The molecule has 8 nitrogen and oxygen atoms in total. The molecule has 3 heterocycles. The number of fused-ring (bicyclic) bond motifs is 1. The molecule has 1 aromatic carbocycles. The molecule has 0 atom stereocenters. The molecule has 8 heteroatoms. The summed E-state index contributed by atoms with van der Waals surface area (Å²) in [6.07, 6.45) is 5.52. The molecule has 1 amide bonds. The molecule has 0 fully saturated rings. The van der Waals surface area contributed by atoms with Gasteiger partial charge in [-0.05, 0) is 36.8 Å². The highest BCUT2D eigenvalue weighted by atomic mass is 16.5. The quantitative estimate of drug-likeness (QED) is 0.564. The lowest BCUT2D eigenvalue weighted by Crippen LogP contribution is -2.13. The summed E-state index contributed by atoms with van der Waals surface area (Å²) < 4.78 is 14.1. The Hall–Kier alpha value is -3.81. The van der Waals surface area contributed by atoms with Gasteiger partial charge in [-0.15, -0.1) is 5.10 Å². The molecular weight excluding hydrogens is 370 g/mol. The first-order valence-corrected chi connectivity index (χ1v) is 9.02. The number of carbonyl (C=O) groups excluding carboxylic acids is 1. The SMILES string of the molecule is COc1ccc(-c2cn3cccc(C)c3n2)cc1NC(=O)c1cn(C)nc1OC. The monoisotopic (exact) mass is 391 g/mol. The lowest BCUT2D eigenvalue weighted by molar-refractivity contribution is 0.102. The molecule has 4 rings (SSSR count). The molecule has 0 bridgehead atoms. The Bertz CT molecular complexity index is 1210. The Balaban J connectivity index is 1.71. The third-order valence-electron chi connectivity index (χ3n) is 4.65. The minimum atomic E-state index is -0.337. The largest absolute Gasteiger partial charge is 0.495 e. The second kappa shape index (κ2) is 7.31. The van der Waals surface area contributed by atoms with E-state index in [1.54, 1.807) is 20.4 Å². The predicted octanol–water partition coefficient (Wildman–Crippen LogP) is 3.31. The van der Waals surface area contributed by atoms with Crippen molar-refractivity contribution in [1.82, 2.24) is 19.2 Å². The molecule has 0 spiro atoms. The van der Waals surface area contributed by atoms with E-state index in [1.165, 1.54) is 11.8 Å². The van der Waals surface area contributed by atoms with Crippen LogP contribution in [0.3, 0.4) is 0 Å². The van der Waals surface area contributed by atoms with Gasteiger partial charge in [0, 0.05) is 31.2 Å². The van der Waals surface area contributed by atoms with Gasteiger partial charge in [0.1, 0.15) is 17.0 Å². The van der Waals surface area contributed by atoms with Gasteiger partial charge in [0.25, 0.3) is 5.91 Å². The van der Waals surface area contributed by atoms with Crippen LogP contribution in [0.15, 0.2) is 48.9 Å². The van der Waals surface area contributed by atoms with Gasteiger partial charge in [0.2, 0.25) is 5.88 Å². The highest BCUT2D eigenvalue weighted by Gasteiger charge is 2.19. The van der Waals surface area contributed by atoms with Crippen molar-refractivity contribution in [2.45, 2.75) is 6.92 Å². The first kappa shape index (κ1) is 18.5. The summed E-state index contributed by atoms with van der Waals surface area (Å²) in [7, 11) is 4.77. The molecular formula is C21H21N5O3. The molecule has 0 aliphatic carbocycles. The van der Waals surface area contributed by atoms with Gasteiger partial charge >= 0.3 is 0 Å². The number of carbonyl (C=O) groups is 1. The van der Waals surface area contributed by atoms with Crippen molar-refractivity contribution in [3.63, 3.8) is 0 Å². The first-order chi connectivity index (χ1) is 14.0. The summed E-state index contributed by atoms with van der Waals surface area (Å²) in [6, 6.07) is 9.57. The third-order valence-corrected chi connectivity index (χ3v) is 4.65. The Labute approximate surface area is 167 Å². The van der Waals surface area contributed by atoms with Gasteiger partial charge in [-0.1, -0.05) is 6.07 Å². The number of rotatable bonds is 5. The van der Waals surface area contributed by atoms with Crippen LogP contribution in [0.1, 0.15) is 15.9 Å². The van der Waals surface area contributed by atoms with Crippen molar-refractivity contribution in [3.8, 4) is 22.9 Å². The van der Waals surface area contributed by atoms with Crippen LogP contribution in [0.4, 0.5) is 5.69 Å².